The van der Waals surface area contributed by atoms with Crippen molar-refractivity contribution in [3.05, 3.63) is 34.3 Å². The van der Waals surface area contributed by atoms with Crippen LogP contribution in [0.5, 0.6) is 0 Å². The molecule has 0 atom stereocenters. The molecule has 0 bridgehead atoms. The summed E-state index contributed by atoms with van der Waals surface area (Å²) in [6.07, 6.45) is -12.2. The van der Waals surface area contributed by atoms with E-state index in [4.69, 9.17) is 5.11 Å². The lowest BCUT2D eigenvalue weighted by molar-refractivity contribution is -0.375. The van der Waals surface area contributed by atoms with Crippen molar-refractivity contribution >= 4 is 21.8 Å². The zero-order valence-electron chi connectivity index (χ0n) is 9.31. The number of amides is 1. The van der Waals surface area contributed by atoms with Crippen molar-refractivity contribution in [1.82, 2.24) is 5.32 Å². The minimum absolute atomic E-state index is 0.271. The summed E-state index contributed by atoms with van der Waals surface area (Å²) in [4.78, 5) is 11.4. The van der Waals surface area contributed by atoms with Crippen LogP contribution in [-0.4, -0.2) is 29.1 Å². The molecule has 1 aromatic carbocycles. The van der Waals surface area contributed by atoms with Gasteiger partial charge in [0.05, 0.1) is 0 Å². The highest BCUT2D eigenvalue weighted by atomic mass is 79.9. The van der Waals surface area contributed by atoms with Crippen LogP contribution in [0.1, 0.15) is 10.4 Å². The minimum Gasteiger partial charge on any atom is -0.357 e. The van der Waals surface area contributed by atoms with Gasteiger partial charge in [-0.1, -0.05) is 22.0 Å². The van der Waals surface area contributed by atoms with Crippen LogP contribution < -0.4 is 5.32 Å². The molecule has 112 valence electrons. The lowest BCUT2D eigenvalue weighted by Gasteiger charge is -2.32. The van der Waals surface area contributed by atoms with E-state index < -0.39 is 29.5 Å². The van der Waals surface area contributed by atoms with Gasteiger partial charge in [0, 0.05) is 10.0 Å². The zero-order valence-corrected chi connectivity index (χ0v) is 10.9. The number of aliphatic hydroxyl groups is 1. The third kappa shape index (κ3) is 3.23. The van der Waals surface area contributed by atoms with E-state index in [1.165, 1.54) is 12.1 Å². The monoisotopic (exact) mass is 365 g/mol. The predicted molar refractivity (Wildman–Crippen MR) is 58.7 cm³/mol. The smallest absolute Gasteiger partial charge is 0.357 e. The van der Waals surface area contributed by atoms with E-state index in [0.717, 1.165) is 12.1 Å². The van der Waals surface area contributed by atoms with Crippen LogP contribution in [0.15, 0.2) is 28.7 Å². The molecule has 2 N–H and O–H groups in total. The van der Waals surface area contributed by atoms with E-state index in [0.29, 0.717) is 5.32 Å². The number of hydrogen-bond acceptors (Lipinski definition) is 2. The fourth-order valence-corrected chi connectivity index (χ4v) is 1.57. The highest BCUT2D eigenvalue weighted by Crippen LogP contribution is 2.41. The first kappa shape index (κ1) is 16.8. The second kappa shape index (κ2) is 5.24. The summed E-state index contributed by atoms with van der Waals surface area (Å²) >= 11 is 2.90. The summed E-state index contributed by atoms with van der Waals surface area (Å²) in [6, 6.07) is 4.64. The van der Waals surface area contributed by atoms with E-state index >= 15 is 0 Å². The highest BCUT2D eigenvalue weighted by Gasteiger charge is 2.71. The Labute approximate surface area is 116 Å². The Morgan fingerprint density at radius 1 is 1.10 bits per heavy atom. The number of benzene rings is 1. The molecular formula is C10H6BrF6NO2. The van der Waals surface area contributed by atoms with Gasteiger partial charge in [-0.15, -0.1) is 0 Å². The first-order valence-corrected chi connectivity index (χ1v) is 5.61. The van der Waals surface area contributed by atoms with Gasteiger partial charge >= 0.3 is 18.1 Å². The maximum atomic E-state index is 12.4. The molecule has 0 unspecified atom stereocenters. The van der Waals surface area contributed by atoms with Crippen LogP contribution in [0.3, 0.4) is 0 Å². The van der Waals surface area contributed by atoms with Crippen LogP contribution in [0.4, 0.5) is 26.3 Å². The largest absolute Gasteiger partial charge is 0.446 e. The highest BCUT2D eigenvalue weighted by molar-refractivity contribution is 9.10. The van der Waals surface area contributed by atoms with Gasteiger partial charge in [0.15, 0.2) is 0 Å². The number of carbonyl (C=O) groups excluding carboxylic acids is 1. The molecule has 0 saturated carbocycles. The molecule has 10 heteroatoms. The van der Waals surface area contributed by atoms with E-state index in [2.05, 4.69) is 15.9 Å². The molecule has 0 aliphatic carbocycles. The van der Waals surface area contributed by atoms with Gasteiger partial charge in [0.2, 0.25) is 0 Å². The number of nitrogens with one attached hydrogen (secondary N) is 1. The number of rotatable bonds is 2. The van der Waals surface area contributed by atoms with Gasteiger partial charge in [0.1, 0.15) is 0 Å². The first-order valence-electron chi connectivity index (χ1n) is 4.82. The quantitative estimate of drug-likeness (QED) is 0.625. The van der Waals surface area contributed by atoms with Crippen LogP contribution in [0.2, 0.25) is 0 Å². The molecule has 1 aromatic rings. The van der Waals surface area contributed by atoms with E-state index in [-0.39, 0.29) is 4.47 Å². The topological polar surface area (TPSA) is 49.3 Å². The summed E-state index contributed by atoms with van der Waals surface area (Å²) < 4.78 is 74.4. The van der Waals surface area contributed by atoms with E-state index in [9.17, 15) is 31.1 Å². The van der Waals surface area contributed by atoms with Gasteiger partial charge < -0.3 is 10.4 Å². The minimum atomic E-state index is -6.12. The number of carbonyl (C=O) groups is 1. The molecule has 0 fully saturated rings. The lowest BCUT2D eigenvalue weighted by Crippen LogP contribution is -2.67. The second-order valence-corrected chi connectivity index (χ2v) is 4.59. The van der Waals surface area contributed by atoms with Crippen molar-refractivity contribution in [3.8, 4) is 0 Å². The normalized spacial score (nSPS) is 13.2. The van der Waals surface area contributed by atoms with E-state index in [1.54, 1.807) is 0 Å². The molecular weight excluding hydrogens is 360 g/mol. The standard InChI is InChI=1S/C10H6BrF6NO2/c11-6-3-1-2-5(4-6)7(19)18-8(20,9(12,13)14)10(15,16)17/h1-4,20H,(H,18,19). The van der Waals surface area contributed by atoms with Gasteiger partial charge in [-0.05, 0) is 18.2 Å². The maximum absolute atomic E-state index is 12.4. The Morgan fingerprint density at radius 2 is 1.60 bits per heavy atom. The lowest BCUT2D eigenvalue weighted by atomic mass is 10.1. The molecule has 0 aliphatic heterocycles. The van der Waals surface area contributed by atoms with Crippen molar-refractivity contribution in [2.75, 3.05) is 0 Å². The average molecular weight is 366 g/mol. The molecule has 1 amide bonds. The van der Waals surface area contributed by atoms with E-state index in [1.807, 2.05) is 0 Å². The number of hydrogen-bond donors (Lipinski definition) is 2. The second-order valence-electron chi connectivity index (χ2n) is 3.67. The maximum Gasteiger partial charge on any atom is 0.446 e. The molecule has 0 spiro atoms. The summed E-state index contributed by atoms with van der Waals surface area (Å²) in [5.74, 6) is -1.72. The molecule has 0 radical (unpaired) electrons. The SMILES string of the molecule is O=C(NC(O)(C(F)(F)F)C(F)(F)F)c1cccc(Br)c1. The molecule has 3 nitrogen and oxygen atoms in total. The van der Waals surface area contributed by atoms with Crippen molar-refractivity contribution in [3.63, 3.8) is 0 Å². The number of alkyl halides is 6. The van der Waals surface area contributed by atoms with Gasteiger partial charge in [-0.2, -0.15) is 26.3 Å². The summed E-state index contributed by atoms with van der Waals surface area (Å²) in [5, 5.41) is 9.35. The molecule has 0 aliphatic rings. The summed E-state index contributed by atoms with van der Waals surface area (Å²) in [6.45, 7) is 0. The summed E-state index contributed by atoms with van der Waals surface area (Å²) in [5.41, 5.74) is -5.80. The van der Waals surface area contributed by atoms with Crippen molar-refractivity contribution in [2.24, 2.45) is 0 Å². The third-order valence-electron chi connectivity index (χ3n) is 2.20. The molecule has 20 heavy (non-hydrogen) atoms. The fourth-order valence-electron chi connectivity index (χ4n) is 1.17. The zero-order chi connectivity index (χ0) is 15.8. The Hall–Kier alpha value is -1.29. The average Bonchev–Trinajstić information content (AvgIpc) is 2.25. The van der Waals surface area contributed by atoms with Crippen molar-refractivity contribution in [2.45, 2.75) is 18.1 Å². The Kier molecular flexibility index (Phi) is 4.39. The molecule has 0 heterocycles. The first-order chi connectivity index (χ1) is 8.88. The Morgan fingerprint density at radius 3 is 2.00 bits per heavy atom. The molecule has 0 aromatic heterocycles. The fraction of sp³-hybridized carbons (Fsp3) is 0.300. The van der Waals surface area contributed by atoms with Crippen molar-refractivity contribution < 1.29 is 36.2 Å². The van der Waals surface area contributed by atoms with Gasteiger partial charge in [-0.25, -0.2) is 0 Å². The number of halogens is 7. The predicted octanol–water partition coefficient (Wildman–Crippen LogP) is 2.99. The summed E-state index contributed by atoms with van der Waals surface area (Å²) in [7, 11) is 0. The van der Waals surface area contributed by atoms with Crippen LogP contribution >= 0.6 is 15.9 Å². The van der Waals surface area contributed by atoms with Crippen LogP contribution in [-0.2, 0) is 0 Å². The Balaban J connectivity index is 3.13. The van der Waals surface area contributed by atoms with Gasteiger partial charge in [-0.3, -0.25) is 4.79 Å². The Bertz CT molecular complexity index is 499. The molecule has 0 saturated heterocycles. The van der Waals surface area contributed by atoms with Crippen LogP contribution in [0, 0.1) is 0 Å². The molecule has 1 rings (SSSR count). The van der Waals surface area contributed by atoms with Gasteiger partial charge in [0.25, 0.3) is 5.91 Å². The van der Waals surface area contributed by atoms with Crippen LogP contribution in [0.25, 0.3) is 0 Å². The third-order valence-corrected chi connectivity index (χ3v) is 2.69. The van der Waals surface area contributed by atoms with Crippen molar-refractivity contribution in [1.29, 1.82) is 0 Å².